The topological polar surface area (TPSA) is 54.0 Å². The largest absolute Gasteiger partial charge is 0.317 e. The van der Waals surface area contributed by atoms with E-state index in [0.29, 0.717) is 17.4 Å². The van der Waals surface area contributed by atoms with E-state index in [2.05, 4.69) is 38.2 Å². The molecule has 92 valence electrons. The molecule has 0 atom stereocenters. The van der Waals surface area contributed by atoms with Gasteiger partial charge < -0.3 is 10.6 Å². The maximum absolute atomic E-state index is 11.4. The molecule has 0 aliphatic heterocycles. The summed E-state index contributed by atoms with van der Waals surface area (Å²) in [6.07, 6.45) is 4.09. The Balaban J connectivity index is 2.39. The Labute approximate surface area is 120 Å². The molecule has 0 saturated carbocycles. The lowest BCUT2D eigenvalue weighted by Crippen LogP contribution is -2.34. The van der Waals surface area contributed by atoms with Crippen LogP contribution in [-0.2, 0) is 4.79 Å². The van der Waals surface area contributed by atoms with Gasteiger partial charge in [0, 0.05) is 16.2 Å². The van der Waals surface area contributed by atoms with E-state index < -0.39 is 0 Å². The van der Waals surface area contributed by atoms with Crippen LogP contribution >= 0.6 is 34.8 Å². The maximum atomic E-state index is 11.4. The second-order valence-electron chi connectivity index (χ2n) is 3.47. The molecular formula is C11H14IN3OS. The normalized spacial score (nSPS) is 9.76. The molecule has 0 aliphatic rings. The van der Waals surface area contributed by atoms with Gasteiger partial charge in [0.25, 0.3) is 0 Å². The third-order valence-electron chi connectivity index (χ3n) is 1.98. The Kier molecular flexibility index (Phi) is 6.35. The number of amides is 1. The third-order valence-corrected chi connectivity index (χ3v) is 2.82. The van der Waals surface area contributed by atoms with Gasteiger partial charge >= 0.3 is 0 Å². The monoisotopic (exact) mass is 363 g/mol. The number of anilines is 1. The SMILES string of the molecule is CCCCC(=O)NC(=S)Nc1ccc(I)cn1. The van der Waals surface area contributed by atoms with Gasteiger partial charge in [0.2, 0.25) is 5.91 Å². The molecule has 0 aromatic carbocycles. The highest BCUT2D eigenvalue weighted by Gasteiger charge is 2.04. The van der Waals surface area contributed by atoms with Crippen LogP contribution in [0.15, 0.2) is 18.3 Å². The van der Waals surface area contributed by atoms with Crippen LogP contribution < -0.4 is 10.6 Å². The number of hydrogen-bond donors (Lipinski definition) is 2. The maximum Gasteiger partial charge on any atom is 0.226 e. The van der Waals surface area contributed by atoms with Crippen LogP contribution in [0.1, 0.15) is 26.2 Å². The van der Waals surface area contributed by atoms with E-state index in [4.69, 9.17) is 12.2 Å². The summed E-state index contributed by atoms with van der Waals surface area (Å²) in [5.41, 5.74) is 0. The molecule has 1 amide bonds. The Morgan fingerprint density at radius 1 is 1.53 bits per heavy atom. The number of nitrogens with one attached hydrogen (secondary N) is 2. The second-order valence-corrected chi connectivity index (χ2v) is 5.12. The summed E-state index contributed by atoms with van der Waals surface area (Å²) in [5.74, 6) is 0.570. The van der Waals surface area contributed by atoms with Crippen molar-refractivity contribution in [3.8, 4) is 0 Å². The number of hydrogen-bond acceptors (Lipinski definition) is 3. The Bertz CT molecular complexity index is 394. The number of carbonyl (C=O) groups excluding carboxylic acids is 1. The average molecular weight is 363 g/mol. The van der Waals surface area contributed by atoms with E-state index in [9.17, 15) is 4.79 Å². The third kappa shape index (κ3) is 5.92. The van der Waals surface area contributed by atoms with E-state index in [1.165, 1.54) is 0 Å². The molecular weight excluding hydrogens is 349 g/mol. The number of pyridine rings is 1. The fraction of sp³-hybridized carbons (Fsp3) is 0.364. The first-order valence-electron chi connectivity index (χ1n) is 5.34. The molecule has 1 rings (SSSR count). The summed E-state index contributed by atoms with van der Waals surface area (Å²) >= 11 is 7.18. The molecule has 0 spiro atoms. The molecule has 1 heterocycles. The first-order valence-corrected chi connectivity index (χ1v) is 6.83. The summed E-state index contributed by atoms with van der Waals surface area (Å²) in [7, 11) is 0. The van der Waals surface area contributed by atoms with Gasteiger partial charge in [-0.25, -0.2) is 4.98 Å². The minimum atomic E-state index is -0.0603. The Morgan fingerprint density at radius 3 is 2.88 bits per heavy atom. The van der Waals surface area contributed by atoms with E-state index in [1.54, 1.807) is 6.20 Å². The number of rotatable bonds is 4. The van der Waals surface area contributed by atoms with Crippen molar-refractivity contribution < 1.29 is 4.79 Å². The van der Waals surface area contributed by atoms with Crippen molar-refractivity contribution in [3.63, 3.8) is 0 Å². The lowest BCUT2D eigenvalue weighted by atomic mass is 10.2. The molecule has 0 unspecified atom stereocenters. The van der Waals surface area contributed by atoms with Crippen molar-refractivity contribution in [2.45, 2.75) is 26.2 Å². The highest BCUT2D eigenvalue weighted by Crippen LogP contribution is 2.06. The minimum Gasteiger partial charge on any atom is -0.317 e. The molecule has 0 radical (unpaired) electrons. The first-order chi connectivity index (χ1) is 8.11. The van der Waals surface area contributed by atoms with Gasteiger partial charge in [0.1, 0.15) is 5.82 Å². The summed E-state index contributed by atoms with van der Waals surface area (Å²) in [6.45, 7) is 2.04. The average Bonchev–Trinajstić information content (AvgIpc) is 2.29. The fourth-order valence-electron chi connectivity index (χ4n) is 1.12. The van der Waals surface area contributed by atoms with Gasteiger partial charge in [-0.05, 0) is 53.4 Å². The number of aromatic nitrogens is 1. The van der Waals surface area contributed by atoms with Crippen molar-refractivity contribution in [2.75, 3.05) is 5.32 Å². The fourth-order valence-corrected chi connectivity index (χ4v) is 1.66. The lowest BCUT2D eigenvalue weighted by Gasteiger charge is -2.08. The Morgan fingerprint density at radius 2 is 2.29 bits per heavy atom. The van der Waals surface area contributed by atoms with E-state index in [-0.39, 0.29) is 5.91 Å². The summed E-state index contributed by atoms with van der Waals surface area (Å²) in [5, 5.41) is 5.77. The van der Waals surface area contributed by atoms with Crippen molar-refractivity contribution in [2.24, 2.45) is 0 Å². The minimum absolute atomic E-state index is 0.0603. The molecule has 0 fully saturated rings. The highest BCUT2D eigenvalue weighted by atomic mass is 127. The molecule has 17 heavy (non-hydrogen) atoms. The number of thiocarbonyl (C=S) groups is 1. The van der Waals surface area contributed by atoms with Crippen molar-refractivity contribution >= 4 is 51.6 Å². The van der Waals surface area contributed by atoms with E-state index in [1.807, 2.05) is 19.1 Å². The first kappa shape index (κ1) is 14.3. The zero-order valence-corrected chi connectivity index (χ0v) is 12.5. The Hall–Kier alpha value is -0.760. The number of nitrogens with zero attached hydrogens (tertiary/aromatic N) is 1. The molecule has 0 aliphatic carbocycles. The van der Waals surface area contributed by atoms with Crippen LogP contribution in [0.4, 0.5) is 5.82 Å². The molecule has 4 nitrogen and oxygen atoms in total. The van der Waals surface area contributed by atoms with Gasteiger partial charge in [-0.1, -0.05) is 13.3 Å². The van der Waals surface area contributed by atoms with Crippen molar-refractivity contribution in [1.82, 2.24) is 10.3 Å². The highest BCUT2D eigenvalue weighted by molar-refractivity contribution is 14.1. The predicted octanol–water partition coefficient (Wildman–Crippen LogP) is 2.69. The van der Waals surface area contributed by atoms with Crippen LogP contribution in [0.25, 0.3) is 0 Å². The number of unbranched alkanes of at least 4 members (excludes halogenated alkanes) is 1. The molecule has 1 aromatic heterocycles. The van der Waals surface area contributed by atoms with Crippen LogP contribution in [0.3, 0.4) is 0 Å². The van der Waals surface area contributed by atoms with Crippen LogP contribution in [0.5, 0.6) is 0 Å². The second kappa shape index (κ2) is 7.54. The number of carbonyl (C=O) groups is 1. The van der Waals surface area contributed by atoms with Crippen molar-refractivity contribution in [3.05, 3.63) is 21.9 Å². The van der Waals surface area contributed by atoms with Gasteiger partial charge in [0.15, 0.2) is 5.11 Å². The van der Waals surface area contributed by atoms with E-state index in [0.717, 1.165) is 16.4 Å². The number of halogens is 1. The molecule has 6 heteroatoms. The van der Waals surface area contributed by atoms with Gasteiger partial charge in [-0.2, -0.15) is 0 Å². The summed E-state index contributed by atoms with van der Waals surface area (Å²) < 4.78 is 1.05. The summed E-state index contributed by atoms with van der Waals surface area (Å²) in [6, 6.07) is 3.73. The zero-order valence-electron chi connectivity index (χ0n) is 9.50. The van der Waals surface area contributed by atoms with Crippen LogP contribution in [-0.4, -0.2) is 16.0 Å². The van der Waals surface area contributed by atoms with Gasteiger partial charge in [0.05, 0.1) is 0 Å². The van der Waals surface area contributed by atoms with Gasteiger partial charge in [-0.15, -0.1) is 0 Å². The predicted molar refractivity (Wildman–Crippen MR) is 80.8 cm³/mol. The van der Waals surface area contributed by atoms with E-state index >= 15 is 0 Å². The molecule has 2 N–H and O–H groups in total. The van der Waals surface area contributed by atoms with Gasteiger partial charge in [-0.3, -0.25) is 4.79 Å². The molecule has 0 bridgehead atoms. The zero-order chi connectivity index (χ0) is 12.7. The quantitative estimate of drug-likeness (QED) is 0.638. The molecule has 1 aromatic rings. The summed E-state index contributed by atoms with van der Waals surface area (Å²) in [4.78, 5) is 15.5. The lowest BCUT2D eigenvalue weighted by molar-refractivity contribution is -0.119. The van der Waals surface area contributed by atoms with Crippen molar-refractivity contribution in [1.29, 1.82) is 0 Å². The van der Waals surface area contributed by atoms with Crippen LogP contribution in [0.2, 0.25) is 0 Å². The standard InChI is InChI=1S/C11H14IN3OS/c1-2-3-4-10(16)15-11(17)14-9-6-5-8(12)7-13-9/h5-7H,2-4H2,1H3,(H2,13,14,15,16,17). The molecule has 0 saturated heterocycles. The smallest absolute Gasteiger partial charge is 0.226 e. The van der Waals surface area contributed by atoms with Crippen LogP contribution in [0, 0.1) is 3.57 Å².